The van der Waals surface area contributed by atoms with Crippen molar-refractivity contribution in [1.29, 1.82) is 0 Å². The SMILES string of the molecule is CCCCCn1c([C@H]2CC(=O)N(c3cccc(C)c3)C2)nc2ccccc21. The molecule has 0 spiro atoms. The van der Waals surface area contributed by atoms with Crippen LogP contribution < -0.4 is 4.90 Å². The first kappa shape index (κ1) is 17.8. The van der Waals surface area contributed by atoms with Gasteiger partial charge in [-0.05, 0) is 43.2 Å². The maximum absolute atomic E-state index is 12.7. The van der Waals surface area contributed by atoms with E-state index in [-0.39, 0.29) is 11.8 Å². The number of unbranched alkanes of at least 4 members (excludes halogenated alkanes) is 2. The number of nitrogens with zero attached hydrogens (tertiary/aromatic N) is 3. The highest BCUT2D eigenvalue weighted by atomic mass is 16.2. The van der Waals surface area contributed by atoms with Gasteiger partial charge in [-0.1, -0.05) is 44.0 Å². The number of rotatable bonds is 6. The van der Waals surface area contributed by atoms with E-state index >= 15 is 0 Å². The number of aromatic nitrogens is 2. The lowest BCUT2D eigenvalue weighted by Gasteiger charge is -2.18. The van der Waals surface area contributed by atoms with Gasteiger partial charge in [0.1, 0.15) is 5.82 Å². The summed E-state index contributed by atoms with van der Waals surface area (Å²) >= 11 is 0. The maximum atomic E-state index is 12.7. The van der Waals surface area contributed by atoms with Crippen molar-refractivity contribution in [1.82, 2.24) is 9.55 Å². The molecule has 1 saturated heterocycles. The van der Waals surface area contributed by atoms with Crippen molar-refractivity contribution in [3.8, 4) is 0 Å². The van der Waals surface area contributed by atoms with Gasteiger partial charge in [-0.25, -0.2) is 4.98 Å². The van der Waals surface area contributed by atoms with Crippen LogP contribution in [0, 0.1) is 6.92 Å². The molecule has 140 valence electrons. The topological polar surface area (TPSA) is 38.1 Å². The van der Waals surface area contributed by atoms with Crippen LogP contribution in [0.25, 0.3) is 11.0 Å². The normalized spacial score (nSPS) is 17.2. The van der Waals surface area contributed by atoms with Gasteiger partial charge >= 0.3 is 0 Å². The van der Waals surface area contributed by atoms with Gasteiger partial charge in [-0.2, -0.15) is 0 Å². The minimum atomic E-state index is 0.145. The van der Waals surface area contributed by atoms with Gasteiger partial charge in [0, 0.05) is 31.1 Å². The number of para-hydroxylation sites is 2. The summed E-state index contributed by atoms with van der Waals surface area (Å²) < 4.78 is 2.35. The van der Waals surface area contributed by atoms with Crippen molar-refractivity contribution < 1.29 is 4.79 Å². The zero-order valence-electron chi connectivity index (χ0n) is 16.2. The minimum Gasteiger partial charge on any atom is -0.328 e. The van der Waals surface area contributed by atoms with Gasteiger partial charge < -0.3 is 9.47 Å². The summed E-state index contributed by atoms with van der Waals surface area (Å²) in [6.45, 7) is 5.97. The van der Waals surface area contributed by atoms with Crippen LogP contribution in [0.2, 0.25) is 0 Å². The fourth-order valence-electron chi connectivity index (χ4n) is 4.09. The highest BCUT2D eigenvalue weighted by molar-refractivity contribution is 5.96. The molecule has 3 aromatic rings. The maximum Gasteiger partial charge on any atom is 0.227 e. The van der Waals surface area contributed by atoms with Gasteiger partial charge in [0.2, 0.25) is 5.91 Å². The van der Waals surface area contributed by atoms with Crippen LogP contribution in [0.5, 0.6) is 0 Å². The molecule has 0 N–H and O–H groups in total. The Morgan fingerprint density at radius 1 is 1.11 bits per heavy atom. The second-order valence-electron chi connectivity index (χ2n) is 7.56. The summed E-state index contributed by atoms with van der Waals surface area (Å²) in [6.07, 6.45) is 4.09. The molecule has 2 aromatic carbocycles. The van der Waals surface area contributed by atoms with E-state index in [0.29, 0.717) is 13.0 Å². The standard InChI is InChI=1S/C23H27N3O/c1-3-4-7-13-25-21-12-6-5-11-20(21)24-23(25)18-15-22(27)26(16-18)19-10-8-9-17(2)14-19/h5-6,8-12,14,18H,3-4,7,13,15-16H2,1-2H3/t18-/m0/s1. The number of hydrogen-bond acceptors (Lipinski definition) is 2. The van der Waals surface area contributed by atoms with Crippen LogP contribution in [0.3, 0.4) is 0 Å². The number of imidazole rings is 1. The zero-order valence-corrected chi connectivity index (χ0v) is 16.2. The van der Waals surface area contributed by atoms with Crippen molar-refractivity contribution >= 4 is 22.6 Å². The van der Waals surface area contributed by atoms with E-state index in [2.05, 4.69) is 48.7 Å². The third-order valence-electron chi connectivity index (χ3n) is 5.47. The third-order valence-corrected chi connectivity index (χ3v) is 5.47. The first-order valence-electron chi connectivity index (χ1n) is 9.99. The number of amides is 1. The van der Waals surface area contributed by atoms with Gasteiger partial charge in [-0.15, -0.1) is 0 Å². The van der Waals surface area contributed by atoms with Gasteiger partial charge in [0.15, 0.2) is 0 Å². The molecule has 0 bridgehead atoms. The van der Waals surface area contributed by atoms with E-state index in [1.54, 1.807) is 0 Å². The van der Waals surface area contributed by atoms with Crippen molar-refractivity contribution in [2.75, 3.05) is 11.4 Å². The molecule has 1 fully saturated rings. The zero-order chi connectivity index (χ0) is 18.8. The number of carbonyl (C=O) groups is 1. The Balaban J connectivity index is 1.66. The van der Waals surface area contributed by atoms with Crippen molar-refractivity contribution in [3.05, 3.63) is 59.9 Å². The average Bonchev–Trinajstić information content (AvgIpc) is 3.23. The summed E-state index contributed by atoms with van der Waals surface area (Å²) in [5.74, 6) is 1.40. The second kappa shape index (κ2) is 7.55. The van der Waals surface area contributed by atoms with Crippen molar-refractivity contribution in [3.63, 3.8) is 0 Å². The number of hydrogen-bond donors (Lipinski definition) is 0. The lowest BCUT2D eigenvalue weighted by atomic mass is 10.1. The molecule has 1 amide bonds. The highest BCUT2D eigenvalue weighted by Gasteiger charge is 2.34. The molecule has 2 heterocycles. The number of anilines is 1. The molecule has 1 aromatic heterocycles. The van der Waals surface area contributed by atoms with Crippen LogP contribution >= 0.6 is 0 Å². The van der Waals surface area contributed by atoms with Gasteiger partial charge in [0.25, 0.3) is 0 Å². The number of fused-ring (bicyclic) bond motifs is 1. The van der Waals surface area contributed by atoms with E-state index in [4.69, 9.17) is 4.98 Å². The summed E-state index contributed by atoms with van der Waals surface area (Å²) in [6, 6.07) is 16.5. The lowest BCUT2D eigenvalue weighted by Crippen LogP contribution is -2.24. The number of aryl methyl sites for hydroxylation is 2. The van der Waals surface area contributed by atoms with E-state index in [0.717, 1.165) is 30.0 Å². The average molecular weight is 361 g/mol. The Labute approximate surface area is 160 Å². The Morgan fingerprint density at radius 2 is 1.96 bits per heavy atom. The Kier molecular flexibility index (Phi) is 4.97. The molecule has 1 aliphatic rings. The monoisotopic (exact) mass is 361 g/mol. The fraction of sp³-hybridized carbons (Fsp3) is 0.391. The smallest absolute Gasteiger partial charge is 0.227 e. The summed E-state index contributed by atoms with van der Waals surface area (Å²) in [4.78, 5) is 19.6. The lowest BCUT2D eigenvalue weighted by molar-refractivity contribution is -0.117. The molecular formula is C23H27N3O. The van der Waals surface area contributed by atoms with E-state index in [1.165, 1.54) is 23.9 Å². The first-order chi connectivity index (χ1) is 13.2. The van der Waals surface area contributed by atoms with Crippen molar-refractivity contribution in [2.24, 2.45) is 0 Å². The minimum absolute atomic E-state index is 0.145. The molecule has 1 aliphatic heterocycles. The molecule has 1 atom stereocenters. The molecule has 0 saturated carbocycles. The van der Waals surface area contributed by atoms with Crippen molar-refractivity contribution in [2.45, 2.75) is 52.0 Å². The van der Waals surface area contributed by atoms with Gasteiger partial charge in [-0.3, -0.25) is 4.79 Å². The molecule has 27 heavy (non-hydrogen) atoms. The first-order valence-corrected chi connectivity index (χ1v) is 9.99. The molecule has 4 nitrogen and oxygen atoms in total. The highest BCUT2D eigenvalue weighted by Crippen LogP contribution is 2.33. The summed E-state index contributed by atoms with van der Waals surface area (Å²) in [7, 11) is 0. The van der Waals surface area contributed by atoms with Crippen LogP contribution in [0.15, 0.2) is 48.5 Å². The van der Waals surface area contributed by atoms with E-state index < -0.39 is 0 Å². The molecule has 4 rings (SSSR count). The Hall–Kier alpha value is -2.62. The van der Waals surface area contributed by atoms with Gasteiger partial charge in [0.05, 0.1) is 11.0 Å². The summed E-state index contributed by atoms with van der Waals surface area (Å²) in [5.41, 5.74) is 4.39. The molecule has 0 aliphatic carbocycles. The molecule has 0 radical (unpaired) electrons. The largest absolute Gasteiger partial charge is 0.328 e. The molecule has 0 unspecified atom stereocenters. The molecule has 4 heteroatoms. The predicted molar refractivity (Wildman–Crippen MR) is 110 cm³/mol. The van der Waals surface area contributed by atoms with Crippen LogP contribution in [0.1, 0.15) is 49.9 Å². The van der Waals surface area contributed by atoms with E-state index in [1.807, 2.05) is 23.1 Å². The Morgan fingerprint density at radius 3 is 2.78 bits per heavy atom. The van der Waals surface area contributed by atoms with Crippen LogP contribution in [-0.4, -0.2) is 22.0 Å². The predicted octanol–water partition coefficient (Wildman–Crippen LogP) is 5.06. The fourth-order valence-corrected chi connectivity index (χ4v) is 4.09. The second-order valence-corrected chi connectivity index (χ2v) is 7.56. The van der Waals surface area contributed by atoms with Crippen LogP contribution in [0.4, 0.5) is 5.69 Å². The number of carbonyl (C=O) groups excluding carboxylic acids is 1. The third kappa shape index (κ3) is 3.48. The molecular weight excluding hydrogens is 334 g/mol. The summed E-state index contributed by atoms with van der Waals surface area (Å²) in [5, 5.41) is 0. The Bertz CT molecular complexity index is 959. The quantitative estimate of drug-likeness (QED) is 0.576. The number of benzene rings is 2. The van der Waals surface area contributed by atoms with Crippen LogP contribution in [-0.2, 0) is 11.3 Å². The van der Waals surface area contributed by atoms with E-state index in [9.17, 15) is 4.79 Å².